The van der Waals surface area contributed by atoms with E-state index < -0.39 is 5.54 Å². The fraction of sp³-hybridized carbons (Fsp3) is 0.333. The highest BCUT2D eigenvalue weighted by molar-refractivity contribution is 6.29. The van der Waals surface area contributed by atoms with Gasteiger partial charge in [0.2, 0.25) is 0 Å². The zero-order valence-corrected chi connectivity index (χ0v) is 14.1. The minimum atomic E-state index is -0.458. The monoisotopic (exact) mass is 341 g/mol. The number of pyridine rings is 2. The molecule has 5 nitrogen and oxygen atoms in total. The maximum atomic E-state index is 6.65. The van der Waals surface area contributed by atoms with Crippen LogP contribution in [0, 0.1) is 0 Å². The molecule has 1 aliphatic carbocycles. The first-order valence-electron chi connectivity index (χ1n) is 8.20. The minimum Gasteiger partial charge on any atom is -0.346 e. The summed E-state index contributed by atoms with van der Waals surface area (Å²) in [7, 11) is 0. The van der Waals surface area contributed by atoms with E-state index in [4.69, 9.17) is 23.1 Å². The second kappa shape index (κ2) is 5.84. The highest BCUT2D eigenvalue weighted by atomic mass is 35.5. The van der Waals surface area contributed by atoms with Gasteiger partial charge in [-0.05, 0) is 55.5 Å². The van der Waals surface area contributed by atoms with Crippen LogP contribution >= 0.6 is 11.6 Å². The van der Waals surface area contributed by atoms with Gasteiger partial charge in [-0.15, -0.1) is 0 Å². The second-order valence-electron chi connectivity index (χ2n) is 6.66. The van der Waals surface area contributed by atoms with E-state index in [1.165, 1.54) is 0 Å². The van der Waals surface area contributed by atoms with Gasteiger partial charge in [0, 0.05) is 29.4 Å². The van der Waals surface area contributed by atoms with Crippen LogP contribution in [0.4, 0.5) is 0 Å². The molecule has 24 heavy (non-hydrogen) atoms. The van der Waals surface area contributed by atoms with Crippen molar-refractivity contribution < 1.29 is 0 Å². The largest absolute Gasteiger partial charge is 0.346 e. The molecule has 5 N–H and O–H groups in total. The van der Waals surface area contributed by atoms with Crippen LogP contribution in [-0.2, 0) is 5.54 Å². The molecular weight excluding hydrogens is 322 g/mol. The van der Waals surface area contributed by atoms with E-state index in [1.54, 1.807) is 6.20 Å². The average molecular weight is 342 g/mol. The smallest absolute Gasteiger partial charge is 0.137 e. The molecule has 0 aromatic carbocycles. The summed E-state index contributed by atoms with van der Waals surface area (Å²) in [4.78, 5) is 12.1. The summed E-state index contributed by atoms with van der Waals surface area (Å²) in [6, 6.07) is 8.13. The number of nitrogens with two attached hydrogens (primary N) is 2. The number of hydrogen-bond donors (Lipinski definition) is 3. The van der Waals surface area contributed by atoms with Gasteiger partial charge < -0.3 is 16.5 Å². The molecule has 0 aliphatic heterocycles. The Kier molecular flexibility index (Phi) is 3.79. The second-order valence-corrected chi connectivity index (χ2v) is 7.05. The normalized spacial score (nSPS) is 24.4. The SMILES string of the molecule is NC1CCC(N)(c2cc(-c3c[nH]c4ncccc34)cc(Cl)n2)CC1. The van der Waals surface area contributed by atoms with E-state index in [2.05, 4.69) is 21.0 Å². The maximum absolute atomic E-state index is 6.65. The molecule has 0 unspecified atom stereocenters. The first kappa shape index (κ1) is 15.6. The summed E-state index contributed by atoms with van der Waals surface area (Å²) < 4.78 is 0. The first-order valence-corrected chi connectivity index (χ1v) is 8.58. The van der Waals surface area contributed by atoms with E-state index in [0.717, 1.165) is 53.5 Å². The Balaban J connectivity index is 1.79. The lowest BCUT2D eigenvalue weighted by molar-refractivity contribution is 0.271. The molecular formula is C18H20ClN5. The summed E-state index contributed by atoms with van der Waals surface area (Å²) in [5, 5.41) is 1.52. The number of rotatable bonds is 2. The fourth-order valence-corrected chi connectivity index (χ4v) is 3.72. The number of nitrogens with one attached hydrogen (secondary N) is 1. The van der Waals surface area contributed by atoms with Crippen LogP contribution in [-0.4, -0.2) is 21.0 Å². The zero-order valence-electron chi connectivity index (χ0n) is 13.3. The number of nitrogens with zero attached hydrogens (tertiary/aromatic N) is 2. The molecule has 0 bridgehead atoms. The molecule has 0 spiro atoms. The van der Waals surface area contributed by atoms with Crippen molar-refractivity contribution in [3.05, 3.63) is 47.5 Å². The molecule has 3 heterocycles. The lowest BCUT2D eigenvalue weighted by Gasteiger charge is -2.35. The highest BCUT2D eigenvalue weighted by Crippen LogP contribution is 2.37. The van der Waals surface area contributed by atoms with E-state index in [9.17, 15) is 0 Å². The van der Waals surface area contributed by atoms with Crippen LogP contribution < -0.4 is 11.5 Å². The third kappa shape index (κ3) is 2.69. The third-order valence-corrected chi connectivity index (χ3v) is 5.18. The molecule has 1 saturated carbocycles. The predicted octanol–water partition coefficient (Wildman–Crippen LogP) is 3.33. The zero-order chi connectivity index (χ0) is 16.7. The van der Waals surface area contributed by atoms with Gasteiger partial charge in [0.15, 0.2) is 0 Å². The van der Waals surface area contributed by atoms with Gasteiger partial charge in [0.05, 0.1) is 11.2 Å². The number of aromatic nitrogens is 3. The van der Waals surface area contributed by atoms with E-state index in [0.29, 0.717) is 5.15 Å². The number of H-pyrrole nitrogens is 1. The van der Waals surface area contributed by atoms with E-state index in [1.807, 2.05) is 24.4 Å². The van der Waals surface area contributed by atoms with Crippen LogP contribution in [0.15, 0.2) is 36.7 Å². The lowest BCUT2D eigenvalue weighted by Crippen LogP contribution is -2.44. The van der Waals surface area contributed by atoms with Crippen molar-refractivity contribution in [3.63, 3.8) is 0 Å². The van der Waals surface area contributed by atoms with Crippen molar-refractivity contribution in [3.8, 4) is 11.1 Å². The van der Waals surface area contributed by atoms with Gasteiger partial charge in [-0.2, -0.15) is 0 Å². The molecule has 0 amide bonds. The fourth-order valence-electron chi connectivity index (χ4n) is 3.51. The van der Waals surface area contributed by atoms with Crippen molar-refractivity contribution >= 4 is 22.6 Å². The van der Waals surface area contributed by atoms with Crippen molar-refractivity contribution in [1.82, 2.24) is 15.0 Å². The molecule has 3 aromatic heterocycles. The van der Waals surface area contributed by atoms with Crippen molar-refractivity contribution in [1.29, 1.82) is 0 Å². The van der Waals surface area contributed by atoms with Crippen LogP contribution in [0.25, 0.3) is 22.2 Å². The van der Waals surface area contributed by atoms with Crippen molar-refractivity contribution in [2.24, 2.45) is 11.5 Å². The van der Waals surface area contributed by atoms with Crippen molar-refractivity contribution in [2.45, 2.75) is 37.3 Å². The molecule has 0 saturated heterocycles. The summed E-state index contributed by atoms with van der Waals surface area (Å²) in [5.74, 6) is 0. The van der Waals surface area contributed by atoms with Gasteiger partial charge >= 0.3 is 0 Å². The summed E-state index contributed by atoms with van der Waals surface area (Å²) in [6.45, 7) is 0. The van der Waals surface area contributed by atoms with Gasteiger partial charge in [-0.3, -0.25) is 0 Å². The Morgan fingerprint density at radius 2 is 2.04 bits per heavy atom. The molecule has 124 valence electrons. The number of halogens is 1. The number of aromatic amines is 1. The van der Waals surface area contributed by atoms with Crippen LogP contribution in [0.5, 0.6) is 0 Å². The highest BCUT2D eigenvalue weighted by Gasteiger charge is 2.34. The van der Waals surface area contributed by atoms with Gasteiger partial charge in [0.1, 0.15) is 10.8 Å². The van der Waals surface area contributed by atoms with Crippen molar-refractivity contribution in [2.75, 3.05) is 0 Å². The Morgan fingerprint density at radius 3 is 2.83 bits per heavy atom. The Labute approximate surface area is 145 Å². The number of hydrogen-bond acceptors (Lipinski definition) is 4. The van der Waals surface area contributed by atoms with Gasteiger partial charge in [-0.1, -0.05) is 11.6 Å². The third-order valence-electron chi connectivity index (χ3n) is 4.99. The quantitative estimate of drug-likeness (QED) is 0.623. The molecule has 4 rings (SSSR count). The van der Waals surface area contributed by atoms with Gasteiger partial charge in [0.25, 0.3) is 0 Å². The standard InChI is InChI=1S/C18H20ClN5/c19-16-9-11(14-10-23-17-13(14)2-1-7-22-17)8-15(24-16)18(21)5-3-12(20)4-6-18/h1-2,7-10,12H,3-6,20-21H2,(H,22,23). The van der Waals surface area contributed by atoms with E-state index >= 15 is 0 Å². The Hall–Kier alpha value is -1.95. The molecule has 1 fully saturated rings. The van der Waals surface area contributed by atoms with Gasteiger partial charge in [-0.25, -0.2) is 9.97 Å². The maximum Gasteiger partial charge on any atom is 0.137 e. The average Bonchev–Trinajstić information content (AvgIpc) is 3.01. The lowest BCUT2D eigenvalue weighted by atomic mass is 9.77. The first-order chi connectivity index (χ1) is 11.5. The minimum absolute atomic E-state index is 0.236. The summed E-state index contributed by atoms with van der Waals surface area (Å²) >= 11 is 6.31. The molecule has 0 atom stereocenters. The molecule has 6 heteroatoms. The summed E-state index contributed by atoms with van der Waals surface area (Å²) in [6.07, 6.45) is 7.21. The number of fused-ring (bicyclic) bond motifs is 1. The van der Waals surface area contributed by atoms with Crippen LogP contribution in [0.3, 0.4) is 0 Å². The Bertz CT molecular complexity index is 880. The Morgan fingerprint density at radius 1 is 1.25 bits per heavy atom. The van der Waals surface area contributed by atoms with Crippen LogP contribution in [0.1, 0.15) is 31.4 Å². The van der Waals surface area contributed by atoms with E-state index in [-0.39, 0.29) is 6.04 Å². The molecule has 0 radical (unpaired) electrons. The summed E-state index contributed by atoms with van der Waals surface area (Å²) in [5.41, 5.74) is 16.0. The topological polar surface area (TPSA) is 93.6 Å². The molecule has 3 aromatic rings. The van der Waals surface area contributed by atoms with Crippen LogP contribution in [0.2, 0.25) is 5.15 Å². The molecule has 1 aliphatic rings. The predicted molar refractivity (Wildman–Crippen MR) is 96.6 cm³/mol.